The summed E-state index contributed by atoms with van der Waals surface area (Å²) in [6, 6.07) is 8.54. The summed E-state index contributed by atoms with van der Waals surface area (Å²) >= 11 is 5.91. The fourth-order valence-electron chi connectivity index (χ4n) is 1.65. The summed E-state index contributed by atoms with van der Waals surface area (Å²) in [6.45, 7) is 1.74. The van der Waals surface area contributed by atoms with Gasteiger partial charge in [-0.15, -0.1) is 6.42 Å². The zero-order valence-electron chi connectivity index (χ0n) is 9.77. The number of hydrogen-bond acceptors (Lipinski definition) is 2. The molecule has 0 aliphatic carbocycles. The van der Waals surface area contributed by atoms with Crippen LogP contribution < -0.4 is 5.32 Å². The van der Waals surface area contributed by atoms with E-state index in [0.29, 0.717) is 11.1 Å². The quantitative estimate of drug-likeness (QED) is 0.665. The summed E-state index contributed by atoms with van der Waals surface area (Å²) in [5.74, 6) is 2.20. The average Bonchev–Trinajstić information content (AvgIpc) is 2.37. The molecular formula is C14H11ClN2O. The third-order valence-electron chi connectivity index (χ3n) is 2.53. The molecule has 0 bridgehead atoms. The molecule has 3 nitrogen and oxygen atoms in total. The van der Waals surface area contributed by atoms with Gasteiger partial charge in [0.2, 0.25) is 0 Å². The lowest BCUT2D eigenvalue weighted by atomic mass is 10.1. The lowest BCUT2D eigenvalue weighted by Crippen LogP contribution is -2.31. The number of para-hydroxylation sites is 1. The number of hydrogen-bond donors (Lipinski definition) is 1. The molecule has 1 heterocycles. The number of amides is 1. The molecule has 1 unspecified atom stereocenters. The van der Waals surface area contributed by atoms with E-state index >= 15 is 0 Å². The topological polar surface area (TPSA) is 42.0 Å². The lowest BCUT2D eigenvalue weighted by Gasteiger charge is -2.10. The van der Waals surface area contributed by atoms with Crippen LogP contribution in [-0.4, -0.2) is 16.9 Å². The van der Waals surface area contributed by atoms with Crippen LogP contribution in [0.5, 0.6) is 0 Å². The molecule has 1 aromatic heterocycles. The van der Waals surface area contributed by atoms with Crippen molar-refractivity contribution in [2.24, 2.45) is 0 Å². The van der Waals surface area contributed by atoms with E-state index < -0.39 is 0 Å². The van der Waals surface area contributed by atoms with Crippen molar-refractivity contribution in [3.8, 4) is 12.3 Å². The van der Waals surface area contributed by atoms with E-state index in [2.05, 4.69) is 16.2 Å². The monoisotopic (exact) mass is 258 g/mol. The van der Waals surface area contributed by atoms with E-state index in [9.17, 15) is 4.79 Å². The number of nitrogens with zero attached hydrogens (tertiary/aromatic N) is 1. The second kappa shape index (κ2) is 5.07. The van der Waals surface area contributed by atoms with E-state index in [0.717, 1.165) is 5.39 Å². The number of nitrogens with one attached hydrogen (secondary N) is 1. The van der Waals surface area contributed by atoms with Gasteiger partial charge in [0.15, 0.2) is 0 Å². The minimum absolute atomic E-state index is 0.249. The maximum absolute atomic E-state index is 12.1. The minimum atomic E-state index is -0.330. The van der Waals surface area contributed by atoms with Gasteiger partial charge in [0.1, 0.15) is 5.15 Å². The van der Waals surface area contributed by atoms with Gasteiger partial charge in [0.05, 0.1) is 17.1 Å². The van der Waals surface area contributed by atoms with Gasteiger partial charge < -0.3 is 5.32 Å². The third-order valence-corrected chi connectivity index (χ3v) is 2.72. The molecule has 0 spiro atoms. The van der Waals surface area contributed by atoms with Crippen molar-refractivity contribution in [2.75, 3.05) is 0 Å². The molecule has 0 aliphatic heterocycles. The molecule has 2 rings (SSSR count). The van der Waals surface area contributed by atoms with Gasteiger partial charge in [-0.1, -0.05) is 35.7 Å². The first kappa shape index (κ1) is 12.4. The zero-order chi connectivity index (χ0) is 13.1. The Morgan fingerprint density at radius 2 is 2.22 bits per heavy atom. The Morgan fingerprint density at radius 1 is 1.50 bits per heavy atom. The summed E-state index contributed by atoms with van der Waals surface area (Å²) < 4.78 is 0. The number of carbonyl (C=O) groups excluding carboxylic acids is 1. The first-order valence-electron chi connectivity index (χ1n) is 5.44. The number of terminal acetylenes is 1. The van der Waals surface area contributed by atoms with E-state index in [1.165, 1.54) is 0 Å². The van der Waals surface area contributed by atoms with Crippen LogP contribution in [0.4, 0.5) is 0 Å². The van der Waals surface area contributed by atoms with Crippen LogP contribution in [0.1, 0.15) is 17.3 Å². The van der Waals surface area contributed by atoms with Crippen LogP contribution in [-0.2, 0) is 0 Å². The van der Waals surface area contributed by atoms with Gasteiger partial charge in [-0.25, -0.2) is 4.98 Å². The van der Waals surface area contributed by atoms with Crippen LogP contribution in [0, 0.1) is 12.3 Å². The van der Waals surface area contributed by atoms with Gasteiger partial charge in [0.25, 0.3) is 5.91 Å². The minimum Gasteiger partial charge on any atom is -0.339 e. The van der Waals surface area contributed by atoms with Gasteiger partial charge in [0, 0.05) is 5.39 Å². The van der Waals surface area contributed by atoms with Crippen molar-refractivity contribution < 1.29 is 4.79 Å². The maximum atomic E-state index is 12.1. The van der Waals surface area contributed by atoms with E-state index in [1.807, 2.05) is 24.3 Å². The Morgan fingerprint density at radius 3 is 2.94 bits per heavy atom. The molecule has 1 atom stereocenters. The van der Waals surface area contributed by atoms with Crippen molar-refractivity contribution in [3.63, 3.8) is 0 Å². The van der Waals surface area contributed by atoms with Crippen molar-refractivity contribution in [1.29, 1.82) is 0 Å². The summed E-state index contributed by atoms with van der Waals surface area (Å²) in [5, 5.41) is 3.74. The Labute approximate surface area is 110 Å². The number of halogens is 1. The van der Waals surface area contributed by atoms with Crippen molar-refractivity contribution in [3.05, 3.63) is 41.0 Å². The van der Waals surface area contributed by atoms with E-state index in [4.69, 9.17) is 18.0 Å². The van der Waals surface area contributed by atoms with E-state index in [1.54, 1.807) is 13.0 Å². The van der Waals surface area contributed by atoms with Gasteiger partial charge in [-0.3, -0.25) is 4.79 Å². The average molecular weight is 259 g/mol. The highest BCUT2D eigenvalue weighted by Crippen LogP contribution is 2.20. The molecule has 90 valence electrons. The van der Waals surface area contributed by atoms with Gasteiger partial charge in [-0.2, -0.15) is 0 Å². The maximum Gasteiger partial charge on any atom is 0.253 e. The molecule has 0 saturated carbocycles. The number of rotatable bonds is 2. The third kappa shape index (κ3) is 2.44. The van der Waals surface area contributed by atoms with Gasteiger partial charge >= 0.3 is 0 Å². The van der Waals surface area contributed by atoms with Crippen LogP contribution >= 0.6 is 11.6 Å². The van der Waals surface area contributed by atoms with Crippen LogP contribution in [0.15, 0.2) is 30.3 Å². The number of benzene rings is 1. The molecule has 0 fully saturated rings. The fraction of sp³-hybridized carbons (Fsp3) is 0.143. The first-order chi connectivity index (χ1) is 8.61. The Kier molecular flexibility index (Phi) is 3.50. The zero-order valence-corrected chi connectivity index (χ0v) is 10.5. The van der Waals surface area contributed by atoms with Gasteiger partial charge in [-0.05, 0) is 19.1 Å². The van der Waals surface area contributed by atoms with Crippen LogP contribution in [0.2, 0.25) is 5.15 Å². The Balaban J connectivity index is 2.50. The first-order valence-corrected chi connectivity index (χ1v) is 5.82. The molecule has 1 aromatic carbocycles. The Hall–Kier alpha value is -2.05. The predicted octanol–water partition coefficient (Wildman–Crippen LogP) is 2.64. The summed E-state index contributed by atoms with van der Waals surface area (Å²) in [7, 11) is 0. The SMILES string of the molecule is C#CC(C)NC(=O)c1cc(Cl)nc2ccccc12. The van der Waals surface area contributed by atoms with Crippen molar-refractivity contribution in [2.45, 2.75) is 13.0 Å². The second-order valence-corrected chi connectivity index (χ2v) is 4.26. The number of aromatic nitrogens is 1. The molecule has 0 saturated heterocycles. The standard InChI is InChI=1S/C14H11ClN2O/c1-3-9(2)16-14(18)11-8-13(15)17-12-7-5-4-6-10(11)12/h1,4-9H,2H3,(H,16,18). The lowest BCUT2D eigenvalue weighted by molar-refractivity contribution is 0.0950. The summed E-state index contributed by atoms with van der Waals surface area (Å²) in [5.41, 5.74) is 1.16. The highest BCUT2D eigenvalue weighted by atomic mass is 35.5. The Bertz CT molecular complexity index is 646. The normalized spacial score (nSPS) is 11.8. The summed E-state index contributed by atoms with van der Waals surface area (Å²) in [6.07, 6.45) is 5.24. The largest absolute Gasteiger partial charge is 0.339 e. The molecule has 1 N–H and O–H groups in total. The highest BCUT2D eigenvalue weighted by Gasteiger charge is 2.13. The fourth-order valence-corrected chi connectivity index (χ4v) is 1.85. The highest BCUT2D eigenvalue weighted by molar-refractivity contribution is 6.30. The van der Waals surface area contributed by atoms with Crippen LogP contribution in [0.25, 0.3) is 10.9 Å². The predicted molar refractivity (Wildman–Crippen MR) is 72.5 cm³/mol. The molecule has 2 aromatic rings. The molecule has 4 heteroatoms. The number of carbonyl (C=O) groups is 1. The van der Waals surface area contributed by atoms with Crippen molar-refractivity contribution in [1.82, 2.24) is 10.3 Å². The molecule has 0 aliphatic rings. The summed E-state index contributed by atoms with van der Waals surface area (Å²) in [4.78, 5) is 16.3. The number of fused-ring (bicyclic) bond motifs is 1. The second-order valence-electron chi connectivity index (χ2n) is 3.87. The molecule has 18 heavy (non-hydrogen) atoms. The van der Waals surface area contributed by atoms with E-state index in [-0.39, 0.29) is 17.1 Å². The van der Waals surface area contributed by atoms with Crippen molar-refractivity contribution >= 4 is 28.4 Å². The molecule has 1 amide bonds. The molecule has 0 radical (unpaired) electrons. The van der Waals surface area contributed by atoms with Crippen LogP contribution in [0.3, 0.4) is 0 Å². The smallest absolute Gasteiger partial charge is 0.253 e. The number of pyridine rings is 1. The molecular weight excluding hydrogens is 248 g/mol.